The first-order valence-electron chi connectivity index (χ1n) is 5.45. The predicted molar refractivity (Wildman–Crippen MR) is 64.0 cm³/mol. The van der Waals surface area contributed by atoms with Crippen LogP contribution in [0.3, 0.4) is 0 Å². The highest BCUT2D eigenvalue weighted by Gasteiger charge is 2.23. The Kier molecular flexibility index (Phi) is 2.98. The molecule has 4 heteroatoms. The van der Waals surface area contributed by atoms with Crippen LogP contribution in [0.25, 0.3) is 11.5 Å². The molecule has 2 rings (SSSR count). The van der Waals surface area contributed by atoms with E-state index in [0.717, 1.165) is 11.3 Å². The Morgan fingerprint density at radius 1 is 1.29 bits per heavy atom. The Labute approximate surface area is 99.5 Å². The zero-order valence-corrected chi connectivity index (χ0v) is 9.90. The van der Waals surface area contributed by atoms with Gasteiger partial charge in [0.15, 0.2) is 0 Å². The van der Waals surface area contributed by atoms with E-state index in [2.05, 4.69) is 4.98 Å². The summed E-state index contributed by atoms with van der Waals surface area (Å²) in [6, 6.07) is 6.04. The van der Waals surface area contributed by atoms with Crippen molar-refractivity contribution in [2.24, 2.45) is 5.73 Å². The molecule has 0 unspecified atom stereocenters. The minimum Gasteiger partial charge on any atom is -0.444 e. The fourth-order valence-corrected chi connectivity index (χ4v) is 1.41. The molecule has 0 saturated carbocycles. The molecule has 0 amide bonds. The molecule has 0 saturated heterocycles. The first-order valence-corrected chi connectivity index (χ1v) is 5.45. The maximum absolute atomic E-state index is 12.8. The largest absolute Gasteiger partial charge is 0.444 e. The Morgan fingerprint density at radius 3 is 2.53 bits per heavy atom. The third-order valence-electron chi connectivity index (χ3n) is 2.80. The van der Waals surface area contributed by atoms with E-state index in [1.54, 1.807) is 18.4 Å². The van der Waals surface area contributed by atoms with Crippen LogP contribution in [-0.4, -0.2) is 11.5 Å². The van der Waals surface area contributed by atoms with Crippen LogP contribution >= 0.6 is 0 Å². The molecule has 90 valence electrons. The fraction of sp³-hybridized carbons (Fsp3) is 0.308. The van der Waals surface area contributed by atoms with Crippen LogP contribution in [0.4, 0.5) is 4.39 Å². The number of aromatic nitrogens is 1. The standard InChI is InChI=1S/C13H15FN2O/c1-13(2,8-15)11-7-17-12(16-11)9-3-5-10(14)6-4-9/h3-7H,8,15H2,1-2H3. The second kappa shape index (κ2) is 4.30. The second-order valence-corrected chi connectivity index (χ2v) is 4.63. The number of benzene rings is 1. The molecule has 0 atom stereocenters. The quantitative estimate of drug-likeness (QED) is 0.888. The number of hydrogen-bond acceptors (Lipinski definition) is 3. The number of hydrogen-bond donors (Lipinski definition) is 1. The van der Waals surface area contributed by atoms with Crippen molar-refractivity contribution in [2.45, 2.75) is 19.3 Å². The summed E-state index contributed by atoms with van der Waals surface area (Å²) >= 11 is 0. The van der Waals surface area contributed by atoms with Crippen molar-refractivity contribution in [3.8, 4) is 11.5 Å². The third-order valence-corrected chi connectivity index (χ3v) is 2.80. The van der Waals surface area contributed by atoms with Gasteiger partial charge >= 0.3 is 0 Å². The summed E-state index contributed by atoms with van der Waals surface area (Å²) in [4.78, 5) is 4.38. The average molecular weight is 234 g/mol. The number of oxazole rings is 1. The van der Waals surface area contributed by atoms with Gasteiger partial charge in [-0.25, -0.2) is 9.37 Å². The van der Waals surface area contributed by atoms with Crippen molar-refractivity contribution in [1.82, 2.24) is 4.98 Å². The van der Waals surface area contributed by atoms with Crippen molar-refractivity contribution >= 4 is 0 Å². The molecule has 17 heavy (non-hydrogen) atoms. The molecule has 0 aliphatic heterocycles. The molecule has 0 radical (unpaired) electrons. The lowest BCUT2D eigenvalue weighted by Gasteiger charge is -2.18. The number of rotatable bonds is 3. The topological polar surface area (TPSA) is 52.0 Å². The van der Waals surface area contributed by atoms with Gasteiger partial charge in [0.05, 0.1) is 5.69 Å². The van der Waals surface area contributed by atoms with Crippen LogP contribution in [-0.2, 0) is 5.41 Å². The summed E-state index contributed by atoms with van der Waals surface area (Å²) in [6.07, 6.45) is 1.60. The minimum atomic E-state index is -0.275. The Morgan fingerprint density at radius 2 is 1.94 bits per heavy atom. The molecule has 0 aliphatic carbocycles. The van der Waals surface area contributed by atoms with Gasteiger partial charge in [-0.3, -0.25) is 0 Å². The molecule has 2 aromatic rings. The summed E-state index contributed by atoms with van der Waals surface area (Å²) in [5.41, 5.74) is 7.01. The molecular weight excluding hydrogens is 219 g/mol. The van der Waals surface area contributed by atoms with Crippen LogP contribution < -0.4 is 5.73 Å². The van der Waals surface area contributed by atoms with Gasteiger partial charge in [0, 0.05) is 17.5 Å². The van der Waals surface area contributed by atoms with Crippen molar-refractivity contribution in [3.63, 3.8) is 0 Å². The van der Waals surface area contributed by atoms with Gasteiger partial charge in [0.25, 0.3) is 0 Å². The van der Waals surface area contributed by atoms with E-state index < -0.39 is 0 Å². The van der Waals surface area contributed by atoms with Crippen LogP contribution in [0.5, 0.6) is 0 Å². The van der Waals surface area contributed by atoms with Crippen LogP contribution in [0.1, 0.15) is 19.5 Å². The Hall–Kier alpha value is -1.68. The molecule has 3 nitrogen and oxygen atoms in total. The lowest BCUT2D eigenvalue weighted by Crippen LogP contribution is -2.28. The van der Waals surface area contributed by atoms with Gasteiger partial charge in [-0.1, -0.05) is 13.8 Å². The van der Waals surface area contributed by atoms with E-state index in [1.165, 1.54) is 12.1 Å². The van der Waals surface area contributed by atoms with E-state index in [9.17, 15) is 4.39 Å². The zero-order chi connectivity index (χ0) is 12.5. The van der Waals surface area contributed by atoms with Crippen molar-refractivity contribution in [3.05, 3.63) is 42.0 Å². The normalized spacial score (nSPS) is 11.8. The van der Waals surface area contributed by atoms with Crippen molar-refractivity contribution in [1.29, 1.82) is 0 Å². The van der Waals surface area contributed by atoms with Crippen molar-refractivity contribution in [2.75, 3.05) is 6.54 Å². The van der Waals surface area contributed by atoms with E-state index in [-0.39, 0.29) is 11.2 Å². The number of halogens is 1. The van der Waals surface area contributed by atoms with Gasteiger partial charge in [-0.2, -0.15) is 0 Å². The highest BCUT2D eigenvalue weighted by Crippen LogP contribution is 2.25. The molecule has 0 fully saturated rings. The van der Waals surface area contributed by atoms with Crippen LogP contribution in [0.2, 0.25) is 0 Å². The molecule has 0 spiro atoms. The fourth-order valence-electron chi connectivity index (χ4n) is 1.41. The molecule has 1 aromatic carbocycles. The second-order valence-electron chi connectivity index (χ2n) is 4.63. The van der Waals surface area contributed by atoms with E-state index in [0.29, 0.717) is 12.4 Å². The molecule has 0 aliphatic rings. The summed E-state index contributed by atoms with van der Waals surface area (Å²) in [7, 11) is 0. The molecule has 0 bridgehead atoms. The molecule has 2 N–H and O–H groups in total. The van der Waals surface area contributed by atoms with Gasteiger partial charge in [-0.05, 0) is 24.3 Å². The highest BCUT2D eigenvalue weighted by molar-refractivity contribution is 5.53. The zero-order valence-electron chi connectivity index (χ0n) is 9.90. The first-order chi connectivity index (χ1) is 8.03. The summed E-state index contributed by atoms with van der Waals surface area (Å²) in [5, 5.41) is 0. The number of nitrogens with zero attached hydrogens (tertiary/aromatic N) is 1. The molecular formula is C13H15FN2O. The van der Waals surface area contributed by atoms with Gasteiger partial charge in [0.2, 0.25) is 5.89 Å². The molecule has 1 aromatic heterocycles. The third kappa shape index (κ3) is 2.36. The predicted octanol–water partition coefficient (Wildman–Crippen LogP) is 2.72. The van der Waals surface area contributed by atoms with Gasteiger partial charge < -0.3 is 10.2 Å². The van der Waals surface area contributed by atoms with Crippen LogP contribution in [0, 0.1) is 5.82 Å². The summed E-state index contributed by atoms with van der Waals surface area (Å²) in [6.45, 7) is 4.49. The Bertz CT molecular complexity index is 502. The molecule has 1 heterocycles. The van der Waals surface area contributed by atoms with E-state index in [1.807, 2.05) is 13.8 Å². The van der Waals surface area contributed by atoms with Gasteiger partial charge in [0.1, 0.15) is 12.1 Å². The summed E-state index contributed by atoms with van der Waals surface area (Å²) in [5.74, 6) is 0.212. The Balaban J connectivity index is 2.33. The smallest absolute Gasteiger partial charge is 0.226 e. The lowest BCUT2D eigenvalue weighted by molar-refractivity contribution is 0.512. The van der Waals surface area contributed by atoms with E-state index in [4.69, 9.17) is 10.2 Å². The van der Waals surface area contributed by atoms with Crippen LogP contribution in [0.15, 0.2) is 34.9 Å². The first kappa shape index (κ1) is 11.8. The maximum Gasteiger partial charge on any atom is 0.226 e. The SMILES string of the molecule is CC(C)(CN)c1coc(-c2ccc(F)cc2)n1. The maximum atomic E-state index is 12.8. The number of nitrogens with two attached hydrogens (primary N) is 1. The van der Waals surface area contributed by atoms with E-state index >= 15 is 0 Å². The average Bonchev–Trinajstić information content (AvgIpc) is 2.80. The van der Waals surface area contributed by atoms with Gasteiger partial charge in [-0.15, -0.1) is 0 Å². The minimum absolute atomic E-state index is 0.220. The highest BCUT2D eigenvalue weighted by atomic mass is 19.1. The lowest BCUT2D eigenvalue weighted by atomic mass is 9.90. The summed E-state index contributed by atoms with van der Waals surface area (Å²) < 4.78 is 18.2. The monoisotopic (exact) mass is 234 g/mol. The van der Waals surface area contributed by atoms with Crippen molar-refractivity contribution < 1.29 is 8.81 Å².